The van der Waals surface area contributed by atoms with E-state index in [2.05, 4.69) is 71.6 Å². The number of pyridine rings is 2. The molecule has 3 aromatic heterocycles. The molecule has 9 aromatic rings. The Morgan fingerprint density at radius 2 is 1.04 bits per heavy atom. The van der Waals surface area contributed by atoms with Gasteiger partial charge < -0.3 is 0 Å². The smallest absolute Gasteiger partial charge is 0.187 e. The number of para-hydroxylation sites is 1. The Hall–Kier alpha value is -6.77. The molecule has 0 amide bonds. The molecule has 0 unspecified atom stereocenters. The van der Waals surface area contributed by atoms with E-state index < -0.39 is 0 Å². The second kappa shape index (κ2) is 11.2. The molecule has 48 heavy (non-hydrogen) atoms. The number of benzene rings is 6. The Morgan fingerprint density at radius 1 is 0.438 bits per heavy atom. The first kappa shape index (κ1) is 27.5. The number of fused-ring (bicyclic) bond motifs is 6. The normalized spacial score (nSPS) is 11.3. The van der Waals surface area contributed by atoms with Crippen LogP contribution in [-0.4, -0.2) is 19.9 Å². The van der Waals surface area contributed by atoms with Gasteiger partial charge in [0, 0.05) is 50.8 Å². The Balaban J connectivity index is 1.27. The van der Waals surface area contributed by atoms with Gasteiger partial charge in [0.25, 0.3) is 0 Å². The van der Waals surface area contributed by atoms with E-state index in [9.17, 15) is 0 Å². The van der Waals surface area contributed by atoms with E-state index >= 15 is 0 Å². The van der Waals surface area contributed by atoms with Crippen molar-refractivity contribution in [1.82, 2.24) is 19.9 Å². The average molecular weight is 612 g/mol. The first-order valence-electron chi connectivity index (χ1n) is 15.8. The lowest BCUT2D eigenvalue weighted by Gasteiger charge is -2.15. The minimum atomic E-state index is 0.615. The van der Waals surface area contributed by atoms with Crippen molar-refractivity contribution in [2.45, 2.75) is 0 Å². The standard InChI is InChI=1S/C43H25N5/c1-44-31-20-18-27(19-21-31)35-25-37-33-16-9-23-46-42(33)36(26-38(37)32-15-8-22-45-41(32)35)29-12-7-13-30(24-29)43-47-39-17-6-5-14-34(39)40(48-43)28-10-3-2-4-11-28/h2-26H. The monoisotopic (exact) mass is 611 g/mol. The summed E-state index contributed by atoms with van der Waals surface area (Å²) in [6.07, 6.45) is 3.69. The minimum Gasteiger partial charge on any atom is -0.256 e. The largest absolute Gasteiger partial charge is 0.256 e. The van der Waals surface area contributed by atoms with Gasteiger partial charge in [-0.2, -0.15) is 0 Å². The molecule has 0 spiro atoms. The zero-order valence-electron chi connectivity index (χ0n) is 25.7. The van der Waals surface area contributed by atoms with Crippen LogP contribution in [0, 0.1) is 6.57 Å². The van der Waals surface area contributed by atoms with E-state index in [4.69, 9.17) is 26.5 Å². The van der Waals surface area contributed by atoms with Crippen LogP contribution in [0.4, 0.5) is 5.69 Å². The summed E-state index contributed by atoms with van der Waals surface area (Å²) in [6.45, 7) is 7.38. The van der Waals surface area contributed by atoms with E-state index in [1.807, 2.05) is 85.2 Å². The topological polar surface area (TPSA) is 55.9 Å². The predicted molar refractivity (Wildman–Crippen MR) is 196 cm³/mol. The molecular formula is C43H25N5. The molecule has 5 heteroatoms. The third-order valence-corrected chi connectivity index (χ3v) is 8.96. The van der Waals surface area contributed by atoms with Crippen molar-refractivity contribution in [2.24, 2.45) is 0 Å². The zero-order chi connectivity index (χ0) is 32.0. The summed E-state index contributed by atoms with van der Waals surface area (Å²) in [5.41, 5.74) is 10.4. The van der Waals surface area contributed by atoms with Crippen LogP contribution in [0.1, 0.15) is 0 Å². The molecular weight excluding hydrogens is 587 g/mol. The van der Waals surface area contributed by atoms with Gasteiger partial charge in [-0.3, -0.25) is 9.97 Å². The van der Waals surface area contributed by atoms with Crippen molar-refractivity contribution >= 4 is 49.2 Å². The average Bonchev–Trinajstić information content (AvgIpc) is 3.17. The Kier molecular flexibility index (Phi) is 6.45. The lowest BCUT2D eigenvalue weighted by Crippen LogP contribution is -1.95. The summed E-state index contributed by atoms with van der Waals surface area (Å²) in [7, 11) is 0. The molecule has 0 saturated heterocycles. The molecule has 0 radical (unpaired) electrons. The predicted octanol–water partition coefficient (Wildman–Crippen LogP) is 11.1. The van der Waals surface area contributed by atoms with Crippen molar-refractivity contribution in [1.29, 1.82) is 0 Å². The van der Waals surface area contributed by atoms with Crippen LogP contribution in [0.2, 0.25) is 0 Å². The van der Waals surface area contributed by atoms with Crippen LogP contribution in [0.3, 0.4) is 0 Å². The number of hydrogen-bond donors (Lipinski definition) is 0. The Morgan fingerprint density at radius 3 is 1.75 bits per heavy atom. The maximum Gasteiger partial charge on any atom is 0.187 e. The van der Waals surface area contributed by atoms with Crippen molar-refractivity contribution in [2.75, 3.05) is 0 Å². The molecule has 0 N–H and O–H groups in total. The first-order chi connectivity index (χ1) is 23.7. The summed E-state index contributed by atoms with van der Waals surface area (Å²) < 4.78 is 0. The van der Waals surface area contributed by atoms with Gasteiger partial charge in [-0.15, -0.1) is 0 Å². The molecule has 0 atom stereocenters. The van der Waals surface area contributed by atoms with Crippen molar-refractivity contribution < 1.29 is 0 Å². The summed E-state index contributed by atoms with van der Waals surface area (Å²) >= 11 is 0. The van der Waals surface area contributed by atoms with Crippen molar-refractivity contribution in [3.05, 3.63) is 163 Å². The zero-order valence-corrected chi connectivity index (χ0v) is 25.7. The van der Waals surface area contributed by atoms with Crippen LogP contribution in [0.15, 0.2) is 152 Å². The molecule has 0 bridgehead atoms. The summed E-state index contributed by atoms with van der Waals surface area (Å²) in [6, 6.07) is 47.4. The fourth-order valence-electron chi connectivity index (χ4n) is 6.70. The summed E-state index contributed by atoms with van der Waals surface area (Å²) in [5, 5.41) is 5.36. The summed E-state index contributed by atoms with van der Waals surface area (Å²) in [4.78, 5) is 23.5. The SMILES string of the molecule is [C-]#[N+]c1ccc(-c2cc3c4cccnc4c(-c4cccc(-c5nc(-c6ccccc6)c6ccccc6n5)c4)cc3c3cccnc23)cc1. The minimum absolute atomic E-state index is 0.615. The second-order valence-corrected chi connectivity index (χ2v) is 11.8. The van der Waals surface area contributed by atoms with Crippen LogP contribution in [0.25, 0.3) is 93.2 Å². The molecule has 5 nitrogen and oxygen atoms in total. The molecule has 3 heterocycles. The molecule has 222 valence electrons. The Bertz CT molecular complexity index is 2730. The highest BCUT2D eigenvalue weighted by molar-refractivity contribution is 6.22. The Labute approximate surface area is 276 Å². The first-order valence-corrected chi connectivity index (χ1v) is 15.8. The van der Waals surface area contributed by atoms with E-state index in [1.165, 1.54) is 0 Å². The van der Waals surface area contributed by atoms with Gasteiger partial charge in [0.2, 0.25) is 0 Å². The maximum absolute atomic E-state index is 7.38. The van der Waals surface area contributed by atoms with E-state index in [0.717, 1.165) is 82.6 Å². The van der Waals surface area contributed by atoms with Gasteiger partial charge >= 0.3 is 0 Å². The van der Waals surface area contributed by atoms with E-state index in [-0.39, 0.29) is 0 Å². The fraction of sp³-hybridized carbons (Fsp3) is 0. The highest BCUT2D eigenvalue weighted by Crippen LogP contribution is 2.41. The number of nitrogens with zero attached hydrogens (tertiary/aromatic N) is 5. The van der Waals surface area contributed by atoms with E-state index in [0.29, 0.717) is 11.5 Å². The summed E-state index contributed by atoms with van der Waals surface area (Å²) in [5.74, 6) is 0.677. The quantitative estimate of drug-likeness (QED) is 0.147. The molecule has 0 aliphatic carbocycles. The van der Waals surface area contributed by atoms with Gasteiger partial charge in [-0.1, -0.05) is 103 Å². The lowest BCUT2D eigenvalue weighted by atomic mass is 9.90. The molecule has 0 saturated carbocycles. The van der Waals surface area contributed by atoms with Crippen LogP contribution < -0.4 is 0 Å². The van der Waals surface area contributed by atoms with Crippen molar-refractivity contribution in [3.8, 4) is 44.9 Å². The lowest BCUT2D eigenvalue weighted by molar-refractivity contribution is 1.23. The highest BCUT2D eigenvalue weighted by atomic mass is 14.9. The molecule has 9 rings (SSSR count). The maximum atomic E-state index is 7.38. The number of rotatable bonds is 4. The van der Waals surface area contributed by atoms with E-state index in [1.54, 1.807) is 0 Å². The van der Waals surface area contributed by atoms with Crippen LogP contribution in [-0.2, 0) is 0 Å². The number of hydrogen-bond acceptors (Lipinski definition) is 4. The molecule has 0 fully saturated rings. The molecule has 0 aliphatic heterocycles. The van der Waals surface area contributed by atoms with Crippen LogP contribution in [0.5, 0.6) is 0 Å². The number of aromatic nitrogens is 4. The van der Waals surface area contributed by atoms with Gasteiger partial charge in [-0.25, -0.2) is 14.8 Å². The van der Waals surface area contributed by atoms with Crippen LogP contribution >= 0.6 is 0 Å². The third-order valence-electron chi connectivity index (χ3n) is 8.96. The second-order valence-electron chi connectivity index (χ2n) is 11.8. The van der Waals surface area contributed by atoms with Crippen molar-refractivity contribution in [3.63, 3.8) is 0 Å². The fourth-order valence-corrected chi connectivity index (χ4v) is 6.70. The third kappa shape index (κ3) is 4.55. The van der Waals surface area contributed by atoms with Gasteiger partial charge in [0.1, 0.15) is 0 Å². The van der Waals surface area contributed by atoms with Gasteiger partial charge in [0.05, 0.1) is 28.8 Å². The molecule has 0 aliphatic rings. The van der Waals surface area contributed by atoms with Gasteiger partial charge in [0.15, 0.2) is 11.5 Å². The highest BCUT2D eigenvalue weighted by Gasteiger charge is 2.17. The molecule has 6 aromatic carbocycles. The van der Waals surface area contributed by atoms with Gasteiger partial charge in [-0.05, 0) is 58.3 Å².